The molecule has 1 N–H and O–H groups in total. The topological polar surface area (TPSA) is 33.1 Å². The Kier molecular flexibility index (Phi) is 4.13. The second-order valence-corrected chi connectivity index (χ2v) is 10.1. The van der Waals surface area contributed by atoms with E-state index in [-0.39, 0.29) is 6.10 Å². The van der Waals surface area contributed by atoms with Gasteiger partial charge in [-0.15, -0.1) is 0 Å². The van der Waals surface area contributed by atoms with Crippen LogP contribution >= 0.6 is 0 Å². The maximum atomic E-state index is 10.2. The van der Waals surface area contributed by atoms with Gasteiger partial charge in [-0.05, 0) is 98.2 Å². The average molecular weight is 364 g/mol. The summed E-state index contributed by atoms with van der Waals surface area (Å²) < 4.78 is 0. The van der Waals surface area contributed by atoms with E-state index in [1.165, 1.54) is 38.5 Å². The number of fused-ring (bicyclic) bond motifs is 5. The lowest BCUT2D eigenvalue weighted by Gasteiger charge is -2.57. The highest BCUT2D eigenvalue weighted by molar-refractivity contribution is 5.52. The molecule has 4 aliphatic carbocycles. The van der Waals surface area contributed by atoms with Gasteiger partial charge in [0.1, 0.15) is 0 Å². The zero-order valence-corrected chi connectivity index (χ0v) is 16.8. The van der Waals surface area contributed by atoms with E-state index in [0.29, 0.717) is 10.8 Å². The van der Waals surface area contributed by atoms with Crippen molar-refractivity contribution in [3.05, 3.63) is 47.3 Å². The number of hydrogen-bond acceptors (Lipinski definition) is 2. The van der Waals surface area contributed by atoms with Gasteiger partial charge in [0.2, 0.25) is 0 Å². The molecular formula is C25H33NO. The van der Waals surface area contributed by atoms with Crippen LogP contribution in [-0.4, -0.2) is 16.2 Å². The quantitative estimate of drug-likeness (QED) is 0.641. The van der Waals surface area contributed by atoms with Crippen LogP contribution < -0.4 is 0 Å². The maximum absolute atomic E-state index is 10.2. The van der Waals surface area contributed by atoms with Crippen molar-refractivity contribution in [2.75, 3.05) is 0 Å². The standard InChI is InChI=1S/C25H33NO/c1-24-12-10-20(27)16-18(24)6-8-21-22-9-7-17(15-19-5-3-4-14-26-19)25(22,2)13-11-23(21)24/h3-6,14-15,20-23,27H,7-13,16H2,1-2H3/t20-,21-,22-,23-,24-,25+/m0/s1. The number of nitrogens with zero attached hydrogens (tertiary/aromatic N) is 1. The first kappa shape index (κ1) is 17.7. The fraction of sp³-hybridized carbons (Fsp3) is 0.640. The molecule has 1 aromatic rings. The smallest absolute Gasteiger partial charge is 0.0629 e. The normalized spacial score (nSPS) is 45.0. The van der Waals surface area contributed by atoms with Crippen LogP contribution in [0.1, 0.15) is 70.9 Å². The summed E-state index contributed by atoms with van der Waals surface area (Å²) in [6.07, 6.45) is 16.3. The first-order chi connectivity index (χ1) is 13.0. The number of pyridine rings is 1. The summed E-state index contributed by atoms with van der Waals surface area (Å²) in [6, 6.07) is 6.23. The van der Waals surface area contributed by atoms with E-state index >= 15 is 0 Å². The van der Waals surface area contributed by atoms with Crippen LogP contribution in [0, 0.1) is 28.6 Å². The molecule has 144 valence electrons. The van der Waals surface area contributed by atoms with Crippen LogP contribution in [-0.2, 0) is 0 Å². The molecule has 1 aromatic heterocycles. The molecule has 0 amide bonds. The van der Waals surface area contributed by atoms with Gasteiger partial charge < -0.3 is 5.11 Å². The van der Waals surface area contributed by atoms with Crippen molar-refractivity contribution < 1.29 is 5.11 Å². The summed E-state index contributed by atoms with van der Waals surface area (Å²) in [5.41, 5.74) is 5.04. The molecule has 4 aliphatic rings. The predicted octanol–water partition coefficient (Wildman–Crippen LogP) is 5.79. The molecule has 3 saturated carbocycles. The van der Waals surface area contributed by atoms with E-state index in [4.69, 9.17) is 0 Å². The third-order valence-electron chi connectivity index (χ3n) is 8.94. The van der Waals surface area contributed by atoms with E-state index in [2.05, 4.69) is 43.1 Å². The number of allylic oxidation sites excluding steroid dienone is 2. The van der Waals surface area contributed by atoms with Gasteiger partial charge in [0, 0.05) is 6.20 Å². The number of aromatic nitrogens is 1. The van der Waals surface area contributed by atoms with E-state index in [0.717, 1.165) is 36.3 Å². The molecule has 0 unspecified atom stereocenters. The van der Waals surface area contributed by atoms with Crippen molar-refractivity contribution in [1.82, 2.24) is 4.98 Å². The third kappa shape index (κ3) is 2.67. The van der Waals surface area contributed by atoms with Crippen LogP contribution in [0.2, 0.25) is 0 Å². The Bertz CT molecular complexity index is 781. The average Bonchev–Trinajstić information content (AvgIpc) is 3.00. The Balaban J connectivity index is 1.46. The Labute approximate surface area is 163 Å². The molecule has 2 nitrogen and oxygen atoms in total. The van der Waals surface area contributed by atoms with E-state index in [9.17, 15) is 5.11 Å². The Morgan fingerprint density at radius 3 is 2.70 bits per heavy atom. The Morgan fingerprint density at radius 2 is 1.89 bits per heavy atom. The second kappa shape index (κ2) is 6.30. The van der Waals surface area contributed by atoms with Gasteiger partial charge >= 0.3 is 0 Å². The molecule has 0 aromatic carbocycles. The zero-order valence-electron chi connectivity index (χ0n) is 16.8. The third-order valence-corrected chi connectivity index (χ3v) is 8.94. The summed E-state index contributed by atoms with van der Waals surface area (Å²) in [7, 11) is 0. The van der Waals surface area contributed by atoms with Crippen LogP contribution in [0.5, 0.6) is 0 Å². The van der Waals surface area contributed by atoms with Gasteiger partial charge in [0.25, 0.3) is 0 Å². The molecule has 0 radical (unpaired) electrons. The van der Waals surface area contributed by atoms with Crippen molar-refractivity contribution in [3.8, 4) is 0 Å². The monoisotopic (exact) mass is 363 g/mol. The molecular weight excluding hydrogens is 330 g/mol. The molecule has 3 fully saturated rings. The SMILES string of the molecule is C[C@]12CC[C@H](O)CC1=CC[C@@H]1[C@@H]2CC[C@]2(C)C(=Cc3ccccn3)CC[C@@H]12. The van der Waals surface area contributed by atoms with Gasteiger partial charge in [0.15, 0.2) is 0 Å². The maximum Gasteiger partial charge on any atom is 0.0629 e. The lowest BCUT2D eigenvalue weighted by atomic mass is 9.48. The highest BCUT2D eigenvalue weighted by Crippen LogP contribution is 2.66. The van der Waals surface area contributed by atoms with Gasteiger partial charge in [-0.3, -0.25) is 4.98 Å². The van der Waals surface area contributed by atoms with E-state index < -0.39 is 0 Å². The number of hydrogen-bond donors (Lipinski definition) is 1. The highest BCUT2D eigenvalue weighted by Gasteiger charge is 2.57. The zero-order chi connectivity index (χ0) is 18.6. The van der Waals surface area contributed by atoms with Crippen LogP contribution in [0.25, 0.3) is 6.08 Å². The van der Waals surface area contributed by atoms with Crippen molar-refractivity contribution in [2.45, 2.75) is 71.3 Å². The lowest BCUT2D eigenvalue weighted by Crippen LogP contribution is -2.49. The fourth-order valence-electron chi connectivity index (χ4n) is 7.37. The summed E-state index contributed by atoms with van der Waals surface area (Å²) >= 11 is 0. The van der Waals surface area contributed by atoms with Gasteiger partial charge in [0.05, 0.1) is 11.8 Å². The Hall–Kier alpha value is -1.41. The van der Waals surface area contributed by atoms with Crippen molar-refractivity contribution in [1.29, 1.82) is 0 Å². The molecule has 0 bridgehead atoms. The first-order valence-corrected chi connectivity index (χ1v) is 11.0. The number of aliphatic hydroxyl groups excluding tert-OH is 1. The number of rotatable bonds is 1. The molecule has 0 spiro atoms. The molecule has 2 heteroatoms. The summed E-state index contributed by atoms with van der Waals surface area (Å²) in [5.74, 6) is 2.45. The minimum atomic E-state index is -0.103. The van der Waals surface area contributed by atoms with Gasteiger partial charge in [-0.2, -0.15) is 0 Å². The predicted molar refractivity (Wildman–Crippen MR) is 110 cm³/mol. The van der Waals surface area contributed by atoms with Crippen molar-refractivity contribution >= 4 is 6.08 Å². The highest BCUT2D eigenvalue weighted by atomic mass is 16.3. The fourth-order valence-corrected chi connectivity index (χ4v) is 7.37. The van der Waals surface area contributed by atoms with Crippen molar-refractivity contribution in [3.63, 3.8) is 0 Å². The summed E-state index contributed by atoms with van der Waals surface area (Å²) in [5, 5.41) is 10.2. The van der Waals surface area contributed by atoms with Crippen LogP contribution in [0.15, 0.2) is 41.6 Å². The minimum Gasteiger partial charge on any atom is -0.393 e. The molecule has 1 heterocycles. The Morgan fingerprint density at radius 1 is 1.07 bits per heavy atom. The minimum absolute atomic E-state index is 0.103. The van der Waals surface area contributed by atoms with E-state index in [1.807, 2.05) is 12.3 Å². The van der Waals surface area contributed by atoms with Crippen LogP contribution in [0.4, 0.5) is 0 Å². The van der Waals surface area contributed by atoms with Gasteiger partial charge in [-0.25, -0.2) is 0 Å². The summed E-state index contributed by atoms with van der Waals surface area (Å²) in [4.78, 5) is 4.55. The molecule has 6 atom stereocenters. The lowest BCUT2D eigenvalue weighted by molar-refractivity contribution is -0.0266. The van der Waals surface area contributed by atoms with Crippen LogP contribution in [0.3, 0.4) is 0 Å². The largest absolute Gasteiger partial charge is 0.393 e. The number of aliphatic hydroxyl groups is 1. The van der Waals surface area contributed by atoms with Gasteiger partial charge in [-0.1, -0.05) is 37.1 Å². The second-order valence-electron chi connectivity index (χ2n) is 10.1. The molecule has 5 rings (SSSR count). The molecule has 0 aliphatic heterocycles. The molecule has 27 heavy (non-hydrogen) atoms. The first-order valence-electron chi connectivity index (χ1n) is 11.0. The van der Waals surface area contributed by atoms with E-state index in [1.54, 1.807) is 11.1 Å². The molecule has 0 saturated heterocycles. The van der Waals surface area contributed by atoms with Crippen molar-refractivity contribution in [2.24, 2.45) is 28.6 Å². The summed E-state index contributed by atoms with van der Waals surface area (Å²) in [6.45, 7) is 5.06.